The molecule has 2 heterocycles. The van der Waals surface area contributed by atoms with E-state index in [4.69, 9.17) is 4.74 Å². The number of hydrogen-bond donors (Lipinski definition) is 0. The van der Waals surface area contributed by atoms with Crippen molar-refractivity contribution < 1.29 is 13.9 Å². The molecular formula is C17H18FN3O2. The minimum Gasteiger partial charge on any atom is -0.461 e. The molecule has 0 spiro atoms. The fraction of sp³-hybridized carbons (Fsp3) is 0.353. The van der Waals surface area contributed by atoms with Crippen molar-refractivity contribution in [2.75, 3.05) is 6.61 Å². The Labute approximate surface area is 133 Å². The number of benzene rings is 1. The van der Waals surface area contributed by atoms with Crippen LogP contribution in [-0.2, 0) is 22.5 Å². The van der Waals surface area contributed by atoms with E-state index in [9.17, 15) is 9.18 Å². The normalized spacial score (nSPS) is 15.9. The van der Waals surface area contributed by atoms with E-state index in [0.717, 1.165) is 12.0 Å². The van der Waals surface area contributed by atoms with Crippen LogP contribution in [0.3, 0.4) is 0 Å². The second-order valence-corrected chi connectivity index (χ2v) is 5.39. The number of aryl methyl sites for hydroxylation is 1. The molecule has 0 unspecified atom stereocenters. The van der Waals surface area contributed by atoms with Crippen molar-refractivity contribution in [1.82, 2.24) is 15.0 Å². The lowest BCUT2D eigenvalue weighted by molar-refractivity contribution is -0.140. The topological polar surface area (TPSA) is 57.0 Å². The average Bonchev–Trinajstić information content (AvgIpc) is 2.98. The van der Waals surface area contributed by atoms with Crippen molar-refractivity contribution in [3.05, 3.63) is 53.1 Å². The van der Waals surface area contributed by atoms with Crippen LogP contribution in [0.5, 0.6) is 0 Å². The molecule has 0 saturated carbocycles. The fourth-order valence-electron chi connectivity index (χ4n) is 2.80. The number of ether oxygens (including phenoxy) is 1. The van der Waals surface area contributed by atoms with Crippen LogP contribution in [0, 0.1) is 0 Å². The second kappa shape index (κ2) is 6.73. The van der Waals surface area contributed by atoms with Crippen molar-refractivity contribution in [3.8, 4) is 0 Å². The number of allylic oxidation sites excluding steroid dienone is 1. The Bertz CT molecular complexity index is 738. The highest BCUT2D eigenvalue weighted by Gasteiger charge is 2.27. The number of halogens is 1. The van der Waals surface area contributed by atoms with Crippen molar-refractivity contribution in [3.63, 3.8) is 0 Å². The van der Waals surface area contributed by atoms with Gasteiger partial charge in [-0.05, 0) is 25.3 Å². The molecule has 1 aliphatic heterocycles. The van der Waals surface area contributed by atoms with E-state index in [-0.39, 0.29) is 6.61 Å². The van der Waals surface area contributed by atoms with Crippen molar-refractivity contribution in [2.45, 2.75) is 32.7 Å². The van der Waals surface area contributed by atoms with Crippen LogP contribution in [0.1, 0.15) is 36.7 Å². The highest BCUT2D eigenvalue weighted by molar-refractivity contribution is 5.95. The van der Waals surface area contributed by atoms with Crippen LogP contribution in [0.25, 0.3) is 5.57 Å². The van der Waals surface area contributed by atoms with Gasteiger partial charge in [0.15, 0.2) is 0 Å². The first-order valence-corrected chi connectivity index (χ1v) is 7.73. The lowest BCUT2D eigenvalue weighted by Gasteiger charge is -2.17. The molecule has 0 saturated heterocycles. The van der Waals surface area contributed by atoms with Crippen LogP contribution < -0.4 is 0 Å². The van der Waals surface area contributed by atoms with Crippen molar-refractivity contribution in [1.29, 1.82) is 0 Å². The molecule has 6 heteroatoms. The third-order valence-electron chi connectivity index (χ3n) is 3.82. The van der Waals surface area contributed by atoms with E-state index in [1.165, 1.54) is 0 Å². The van der Waals surface area contributed by atoms with Gasteiger partial charge in [0.2, 0.25) is 5.83 Å². The Morgan fingerprint density at radius 1 is 1.35 bits per heavy atom. The van der Waals surface area contributed by atoms with Gasteiger partial charge in [-0.1, -0.05) is 35.5 Å². The van der Waals surface area contributed by atoms with Crippen molar-refractivity contribution in [2.24, 2.45) is 0 Å². The van der Waals surface area contributed by atoms with Crippen LogP contribution in [0.15, 0.2) is 36.2 Å². The summed E-state index contributed by atoms with van der Waals surface area (Å²) in [6, 6.07) is 9.80. The van der Waals surface area contributed by atoms with Gasteiger partial charge in [-0.25, -0.2) is 9.48 Å². The number of carbonyl (C=O) groups excluding carboxylic acids is 1. The molecule has 1 aromatic heterocycles. The van der Waals surface area contributed by atoms with Gasteiger partial charge in [0.1, 0.15) is 0 Å². The maximum absolute atomic E-state index is 14.5. The first-order chi connectivity index (χ1) is 11.2. The molecule has 3 rings (SSSR count). The molecule has 23 heavy (non-hydrogen) atoms. The molecule has 0 atom stereocenters. The molecule has 0 N–H and O–H groups in total. The summed E-state index contributed by atoms with van der Waals surface area (Å²) in [6.07, 6.45) is 1.76. The molecule has 1 aromatic carbocycles. The monoisotopic (exact) mass is 315 g/mol. The molecule has 2 aromatic rings. The lowest BCUT2D eigenvalue weighted by atomic mass is 9.97. The van der Waals surface area contributed by atoms with Crippen LogP contribution in [-0.4, -0.2) is 27.6 Å². The van der Waals surface area contributed by atoms with E-state index < -0.39 is 11.8 Å². The highest BCUT2D eigenvalue weighted by atomic mass is 19.1. The van der Waals surface area contributed by atoms with Crippen LogP contribution in [0.2, 0.25) is 0 Å². The number of nitrogens with zero attached hydrogens (tertiary/aromatic N) is 3. The van der Waals surface area contributed by atoms with E-state index in [1.807, 2.05) is 30.3 Å². The molecule has 0 fully saturated rings. The summed E-state index contributed by atoms with van der Waals surface area (Å²) in [5, 5.41) is 8.30. The Morgan fingerprint density at radius 2 is 2.13 bits per heavy atom. The Morgan fingerprint density at radius 3 is 2.87 bits per heavy atom. The smallest absolute Gasteiger partial charge is 0.367 e. The van der Waals surface area contributed by atoms with E-state index in [0.29, 0.717) is 36.3 Å². The molecular weight excluding hydrogens is 297 g/mol. The first kappa shape index (κ1) is 15.4. The van der Waals surface area contributed by atoms with Gasteiger partial charge in [-0.15, -0.1) is 5.10 Å². The van der Waals surface area contributed by atoms with Gasteiger partial charge >= 0.3 is 5.97 Å². The third kappa shape index (κ3) is 3.16. The van der Waals surface area contributed by atoms with Gasteiger partial charge in [-0.3, -0.25) is 0 Å². The number of carbonyl (C=O) groups is 1. The number of esters is 1. The van der Waals surface area contributed by atoms with Crippen molar-refractivity contribution >= 4 is 11.5 Å². The maximum atomic E-state index is 14.5. The second-order valence-electron chi connectivity index (χ2n) is 5.39. The SMILES string of the molecule is CCOC(=O)C(F)=C1CCCn2nnc(Cc3ccccc3)c21. The Hall–Kier alpha value is -2.50. The minimum absolute atomic E-state index is 0.147. The minimum atomic E-state index is -0.914. The quantitative estimate of drug-likeness (QED) is 0.643. The molecule has 0 radical (unpaired) electrons. The molecule has 120 valence electrons. The van der Waals surface area contributed by atoms with Gasteiger partial charge in [0, 0.05) is 18.5 Å². The van der Waals surface area contributed by atoms with E-state index in [1.54, 1.807) is 11.6 Å². The Balaban J connectivity index is 1.99. The summed E-state index contributed by atoms with van der Waals surface area (Å²) >= 11 is 0. The van der Waals surface area contributed by atoms with E-state index >= 15 is 0 Å². The Kier molecular flexibility index (Phi) is 4.50. The lowest BCUT2D eigenvalue weighted by Crippen LogP contribution is -2.15. The van der Waals surface area contributed by atoms with Gasteiger partial charge in [-0.2, -0.15) is 4.39 Å². The summed E-state index contributed by atoms with van der Waals surface area (Å²) in [5.74, 6) is -1.74. The summed E-state index contributed by atoms with van der Waals surface area (Å²) in [4.78, 5) is 11.7. The standard InChI is InChI=1S/C17H18FN3O2/c1-2-23-17(22)15(18)13-9-6-10-21-16(13)14(19-20-21)11-12-7-4-3-5-8-12/h3-5,7-8H,2,6,9-11H2,1H3. The summed E-state index contributed by atoms with van der Waals surface area (Å²) in [6.45, 7) is 2.48. The molecule has 0 bridgehead atoms. The van der Waals surface area contributed by atoms with Gasteiger partial charge in [0.25, 0.3) is 0 Å². The van der Waals surface area contributed by atoms with Crippen LogP contribution in [0.4, 0.5) is 4.39 Å². The maximum Gasteiger partial charge on any atom is 0.367 e. The third-order valence-corrected chi connectivity index (χ3v) is 3.82. The molecule has 0 amide bonds. The zero-order valence-corrected chi connectivity index (χ0v) is 13.0. The average molecular weight is 315 g/mol. The zero-order valence-electron chi connectivity index (χ0n) is 13.0. The predicted molar refractivity (Wildman–Crippen MR) is 83.2 cm³/mol. The highest BCUT2D eigenvalue weighted by Crippen LogP contribution is 2.32. The summed E-state index contributed by atoms with van der Waals surface area (Å²) < 4.78 is 20.9. The first-order valence-electron chi connectivity index (χ1n) is 7.73. The van der Waals surface area contributed by atoms with Gasteiger partial charge < -0.3 is 4.74 Å². The van der Waals surface area contributed by atoms with Crippen LogP contribution >= 0.6 is 0 Å². The zero-order chi connectivity index (χ0) is 16.2. The number of rotatable bonds is 4. The summed E-state index contributed by atoms with van der Waals surface area (Å²) in [7, 11) is 0. The van der Waals surface area contributed by atoms with Gasteiger partial charge in [0.05, 0.1) is 18.0 Å². The number of hydrogen-bond acceptors (Lipinski definition) is 4. The number of fused-ring (bicyclic) bond motifs is 1. The summed E-state index contributed by atoms with van der Waals surface area (Å²) in [5.41, 5.74) is 2.72. The molecule has 0 aliphatic carbocycles. The largest absolute Gasteiger partial charge is 0.461 e. The predicted octanol–water partition coefficient (Wildman–Crippen LogP) is 2.91. The molecule has 5 nitrogen and oxygen atoms in total. The molecule has 1 aliphatic rings. The fourth-order valence-corrected chi connectivity index (χ4v) is 2.80. The van der Waals surface area contributed by atoms with E-state index in [2.05, 4.69) is 10.3 Å². The number of aromatic nitrogens is 3.